The molecule has 7 unspecified atom stereocenters. The lowest BCUT2D eigenvalue weighted by Crippen LogP contribution is -2.77. The first-order valence-corrected chi connectivity index (χ1v) is 10.2. The number of ketones is 4. The number of hydrogen-bond donors (Lipinski definition) is 4. The minimum Gasteiger partial charge on any atom is -0.507 e. The monoisotopic (exact) mass is 444 g/mol. The molecule has 1 aromatic carbocycles. The van der Waals surface area contributed by atoms with E-state index in [9.17, 15) is 39.3 Å². The highest BCUT2D eigenvalue weighted by Gasteiger charge is 2.72. The van der Waals surface area contributed by atoms with E-state index in [0.29, 0.717) is 5.56 Å². The Balaban J connectivity index is 1.91. The third kappa shape index (κ3) is 2.66. The number of aliphatic hydroxyl groups excluding tert-OH is 1. The fourth-order valence-electron chi connectivity index (χ4n) is 5.68. The molecule has 32 heavy (non-hydrogen) atoms. The number of likely N-dealkylation sites (N-methyl/N-ethyl adjacent to an activating group) is 1. The van der Waals surface area contributed by atoms with Gasteiger partial charge in [-0.05, 0) is 32.1 Å². The van der Waals surface area contributed by atoms with E-state index in [4.69, 9.17) is 0 Å². The number of aromatic hydroxyl groups is 1. The van der Waals surface area contributed by atoms with E-state index in [1.165, 1.54) is 38.2 Å². The van der Waals surface area contributed by atoms with E-state index >= 15 is 0 Å². The summed E-state index contributed by atoms with van der Waals surface area (Å²) in [4.78, 5) is 66.9. The lowest BCUT2D eigenvalue weighted by atomic mass is 9.51. The molecule has 170 valence electrons. The molecule has 2 saturated carbocycles. The van der Waals surface area contributed by atoms with Gasteiger partial charge < -0.3 is 20.6 Å². The summed E-state index contributed by atoms with van der Waals surface area (Å²) in [5.74, 6) is -11.6. The van der Waals surface area contributed by atoms with E-state index < -0.39 is 70.5 Å². The molecule has 3 aliphatic carbocycles. The zero-order chi connectivity index (χ0) is 23.7. The van der Waals surface area contributed by atoms with Crippen LogP contribution in [-0.2, 0) is 25.6 Å². The van der Waals surface area contributed by atoms with Crippen LogP contribution in [0.2, 0.25) is 0 Å². The number of hydrogen-bond acceptors (Lipinski definition) is 9. The number of phenols is 1. The van der Waals surface area contributed by atoms with Crippen LogP contribution in [0, 0.1) is 23.7 Å². The molecule has 0 aromatic heterocycles. The molecule has 4 rings (SSSR count). The van der Waals surface area contributed by atoms with Gasteiger partial charge in [-0.25, -0.2) is 0 Å². The van der Waals surface area contributed by atoms with Gasteiger partial charge in [0.15, 0.2) is 34.7 Å². The second-order valence-corrected chi connectivity index (χ2v) is 8.89. The van der Waals surface area contributed by atoms with Crippen molar-refractivity contribution >= 4 is 29.0 Å². The Labute approximate surface area is 183 Å². The molecule has 3 aliphatic rings. The summed E-state index contributed by atoms with van der Waals surface area (Å²) in [6, 6.07) is 3.08. The van der Waals surface area contributed by atoms with Crippen molar-refractivity contribution in [3.05, 3.63) is 29.3 Å². The van der Waals surface area contributed by atoms with Crippen molar-refractivity contribution in [1.82, 2.24) is 10.2 Å². The SMILES string of the molecule is CNC(=O)C1C(=O)C(N(C)C)C2C(O)C3Cc4cccc(O)c4C(=O)C3C(=O)C2(O)C1=O. The van der Waals surface area contributed by atoms with Gasteiger partial charge in [0.1, 0.15) is 5.75 Å². The minimum atomic E-state index is -2.92. The molecule has 1 amide bonds. The van der Waals surface area contributed by atoms with Crippen LogP contribution in [-0.4, -0.2) is 88.1 Å². The first kappa shape index (κ1) is 22.3. The van der Waals surface area contributed by atoms with Gasteiger partial charge in [0.2, 0.25) is 5.91 Å². The third-order valence-electron chi connectivity index (χ3n) is 7.11. The molecular weight excluding hydrogens is 420 g/mol. The normalized spacial score (nSPS) is 36.4. The van der Waals surface area contributed by atoms with Crippen LogP contribution >= 0.6 is 0 Å². The Morgan fingerprint density at radius 1 is 1.16 bits per heavy atom. The Bertz CT molecular complexity index is 1070. The highest BCUT2D eigenvalue weighted by Crippen LogP contribution is 2.50. The molecule has 0 heterocycles. The van der Waals surface area contributed by atoms with Crippen molar-refractivity contribution in [1.29, 1.82) is 0 Å². The van der Waals surface area contributed by atoms with Gasteiger partial charge in [0.25, 0.3) is 0 Å². The number of amides is 1. The van der Waals surface area contributed by atoms with Crippen LogP contribution < -0.4 is 5.32 Å². The number of carbonyl (C=O) groups excluding carboxylic acids is 5. The fraction of sp³-hybridized carbons (Fsp3) is 0.500. The number of Topliss-reactive ketones (excluding diaryl/α,β-unsaturated/α-hetero) is 4. The van der Waals surface area contributed by atoms with Gasteiger partial charge in [0.05, 0.1) is 29.5 Å². The number of rotatable bonds is 2. The second-order valence-electron chi connectivity index (χ2n) is 8.89. The smallest absolute Gasteiger partial charge is 0.238 e. The van der Waals surface area contributed by atoms with Crippen LogP contribution in [0.25, 0.3) is 0 Å². The fourth-order valence-corrected chi connectivity index (χ4v) is 5.68. The molecule has 0 bridgehead atoms. The Kier molecular flexibility index (Phi) is 5.07. The largest absolute Gasteiger partial charge is 0.507 e. The quantitative estimate of drug-likeness (QED) is 0.382. The summed E-state index contributed by atoms with van der Waals surface area (Å²) < 4.78 is 0. The molecule has 0 radical (unpaired) electrons. The minimum absolute atomic E-state index is 0.0288. The molecule has 0 aliphatic heterocycles. The maximum absolute atomic E-state index is 13.6. The summed E-state index contributed by atoms with van der Waals surface area (Å²) in [5, 5.41) is 35.1. The van der Waals surface area contributed by atoms with Gasteiger partial charge in [-0.3, -0.25) is 28.9 Å². The number of nitrogens with one attached hydrogen (secondary N) is 1. The molecule has 1 aromatic rings. The van der Waals surface area contributed by atoms with E-state index in [-0.39, 0.29) is 17.7 Å². The van der Waals surface area contributed by atoms with Gasteiger partial charge in [0, 0.05) is 13.0 Å². The number of phenolic OH excluding ortho intramolecular Hbond substituents is 1. The molecule has 0 spiro atoms. The van der Waals surface area contributed by atoms with E-state index in [2.05, 4.69) is 5.32 Å². The third-order valence-corrected chi connectivity index (χ3v) is 7.11. The lowest BCUT2D eigenvalue weighted by molar-refractivity contribution is -0.195. The standard InChI is InChI=1S/C22H24N2O8/c1-23-21(31)13-18(28)15(24(2)3)14-16(26)9-7-8-5-4-6-10(25)11(8)17(27)12(9)19(29)22(14,32)20(13)30/h4-6,9,12-16,25-26,32H,7H2,1-3H3,(H,23,31). The molecule has 2 fully saturated rings. The highest BCUT2D eigenvalue weighted by molar-refractivity contribution is 6.32. The number of aliphatic hydroxyl groups is 2. The molecule has 10 heteroatoms. The number of benzene rings is 1. The molecular formula is C22H24N2O8. The van der Waals surface area contributed by atoms with Crippen molar-refractivity contribution in [3.8, 4) is 5.75 Å². The summed E-state index contributed by atoms with van der Waals surface area (Å²) in [5.41, 5.74) is -2.59. The van der Waals surface area contributed by atoms with Gasteiger partial charge in [-0.15, -0.1) is 0 Å². The molecule has 7 atom stereocenters. The second kappa shape index (κ2) is 7.29. The van der Waals surface area contributed by atoms with E-state index in [0.717, 1.165) is 0 Å². The van der Waals surface area contributed by atoms with Crippen molar-refractivity contribution in [2.24, 2.45) is 23.7 Å². The predicted octanol–water partition coefficient (Wildman–Crippen LogP) is -1.90. The summed E-state index contributed by atoms with van der Waals surface area (Å²) in [7, 11) is 4.16. The van der Waals surface area contributed by atoms with Crippen LogP contribution in [0.5, 0.6) is 5.75 Å². The summed E-state index contributed by atoms with van der Waals surface area (Å²) in [6.45, 7) is 0. The molecule has 4 N–H and O–H groups in total. The average Bonchev–Trinajstić information content (AvgIpc) is 2.73. The van der Waals surface area contributed by atoms with Gasteiger partial charge >= 0.3 is 0 Å². The Morgan fingerprint density at radius 2 is 1.81 bits per heavy atom. The van der Waals surface area contributed by atoms with E-state index in [1.54, 1.807) is 6.07 Å². The Hall–Kier alpha value is -2.95. The van der Waals surface area contributed by atoms with Crippen molar-refractivity contribution < 1.29 is 39.3 Å². The van der Waals surface area contributed by atoms with E-state index in [1.807, 2.05) is 0 Å². The zero-order valence-electron chi connectivity index (χ0n) is 17.7. The number of carbonyl (C=O) groups is 5. The van der Waals surface area contributed by atoms with Crippen LogP contribution in [0.4, 0.5) is 0 Å². The summed E-state index contributed by atoms with van der Waals surface area (Å²) in [6.07, 6.45) is -1.55. The molecule has 0 saturated heterocycles. The lowest BCUT2D eigenvalue weighted by Gasteiger charge is -2.54. The summed E-state index contributed by atoms with van der Waals surface area (Å²) >= 11 is 0. The maximum Gasteiger partial charge on any atom is 0.238 e. The number of fused-ring (bicyclic) bond motifs is 3. The number of nitrogens with zero attached hydrogens (tertiary/aromatic N) is 1. The highest BCUT2D eigenvalue weighted by atomic mass is 16.3. The van der Waals surface area contributed by atoms with Crippen LogP contribution in [0.15, 0.2) is 18.2 Å². The topological polar surface area (TPSA) is 161 Å². The van der Waals surface area contributed by atoms with Crippen LogP contribution in [0.1, 0.15) is 15.9 Å². The average molecular weight is 444 g/mol. The van der Waals surface area contributed by atoms with Gasteiger partial charge in [-0.2, -0.15) is 0 Å². The van der Waals surface area contributed by atoms with Crippen molar-refractivity contribution in [2.75, 3.05) is 21.1 Å². The van der Waals surface area contributed by atoms with Crippen LogP contribution in [0.3, 0.4) is 0 Å². The van der Waals surface area contributed by atoms with Crippen molar-refractivity contribution in [3.63, 3.8) is 0 Å². The molecule has 10 nitrogen and oxygen atoms in total. The zero-order valence-corrected chi connectivity index (χ0v) is 17.7. The first-order chi connectivity index (χ1) is 15.0. The van der Waals surface area contributed by atoms with Gasteiger partial charge in [-0.1, -0.05) is 12.1 Å². The van der Waals surface area contributed by atoms with Crippen molar-refractivity contribution in [2.45, 2.75) is 24.2 Å². The Morgan fingerprint density at radius 3 is 2.41 bits per heavy atom. The first-order valence-electron chi connectivity index (χ1n) is 10.2. The predicted molar refractivity (Wildman–Crippen MR) is 108 cm³/mol. The maximum atomic E-state index is 13.6.